The zero-order chi connectivity index (χ0) is 21.6. The number of rotatable bonds is 4. The van der Waals surface area contributed by atoms with E-state index in [0.717, 1.165) is 43.3 Å². The van der Waals surface area contributed by atoms with E-state index >= 15 is 0 Å². The summed E-state index contributed by atoms with van der Waals surface area (Å²) < 4.78 is 15.9. The molecule has 0 radical (unpaired) electrons. The van der Waals surface area contributed by atoms with Crippen molar-refractivity contribution >= 4 is 33.8 Å². The van der Waals surface area contributed by atoms with E-state index in [9.17, 15) is 9.18 Å². The van der Waals surface area contributed by atoms with E-state index in [4.69, 9.17) is 5.73 Å². The van der Waals surface area contributed by atoms with Gasteiger partial charge in [-0.1, -0.05) is 23.5 Å². The number of hydrogen-bond acceptors (Lipinski definition) is 7. The topological polar surface area (TPSA) is 101 Å². The third-order valence-electron chi connectivity index (χ3n) is 5.97. The molecule has 8 nitrogen and oxygen atoms in total. The SMILES string of the molecule is Cn1ncc(NC(=O)c2nc(-c3ccccc3F)sc2N)c1N1CCNCC2(CC2)C1. The maximum Gasteiger partial charge on any atom is 0.277 e. The molecule has 2 aliphatic rings. The number of nitrogens with two attached hydrogens (primary N) is 1. The fourth-order valence-electron chi connectivity index (χ4n) is 4.12. The van der Waals surface area contributed by atoms with Gasteiger partial charge in [0.25, 0.3) is 5.91 Å². The number of thiazole rings is 1. The first-order valence-corrected chi connectivity index (χ1v) is 11.1. The minimum Gasteiger partial charge on any atom is -0.389 e. The van der Waals surface area contributed by atoms with E-state index in [0.29, 0.717) is 21.7 Å². The van der Waals surface area contributed by atoms with Crippen LogP contribution in [0.15, 0.2) is 30.5 Å². The summed E-state index contributed by atoms with van der Waals surface area (Å²) in [6.45, 7) is 3.67. The molecule has 1 aliphatic heterocycles. The summed E-state index contributed by atoms with van der Waals surface area (Å²) in [6.07, 6.45) is 4.07. The number of nitrogen functional groups attached to an aromatic ring is 1. The maximum atomic E-state index is 14.1. The molecule has 5 rings (SSSR count). The van der Waals surface area contributed by atoms with Crippen LogP contribution in [-0.4, -0.2) is 46.9 Å². The minimum absolute atomic E-state index is 0.0919. The molecule has 1 spiro atoms. The Balaban J connectivity index is 1.40. The van der Waals surface area contributed by atoms with E-state index in [2.05, 4.69) is 25.6 Å². The molecule has 4 N–H and O–H groups in total. The maximum absolute atomic E-state index is 14.1. The predicted octanol–water partition coefficient (Wildman–Crippen LogP) is 2.71. The van der Waals surface area contributed by atoms with Crippen molar-refractivity contribution in [1.82, 2.24) is 20.1 Å². The highest BCUT2D eigenvalue weighted by molar-refractivity contribution is 7.19. The first-order valence-electron chi connectivity index (χ1n) is 10.3. The number of amides is 1. The molecule has 2 aromatic heterocycles. The lowest BCUT2D eigenvalue weighted by Gasteiger charge is -2.26. The molecule has 1 aromatic carbocycles. The third kappa shape index (κ3) is 3.77. The van der Waals surface area contributed by atoms with Gasteiger partial charge in [-0.3, -0.25) is 9.48 Å². The van der Waals surface area contributed by atoms with Gasteiger partial charge in [0, 0.05) is 44.2 Å². The van der Waals surface area contributed by atoms with Crippen LogP contribution in [0.2, 0.25) is 0 Å². The van der Waals surface area contributed by atoms with Crippen LogP contribution in [-0.2, 0) is 7.05 Å². The van der Waals surface area contributed by atoms with Gasteiger partial charge in [-0.05, 0) is 25.0 Å². The zero-order valence-corrected chi connectivity index (χ0v) is 18.0. The van der Waals surface area contributed by atoms with Crippen LogP contribution in [0.5, 0.6) is 0 Å². The number of hydrogen-bond donors (Lipinski definition) is 3. The van der Waals surface area contributed by atoms with Gasteiger partial charge in [-0.15, -0.1) is 0 Å². The lowest BCUT2D eigenvalue weighted by molar-refractivity contribution is 0.102. The highest BCUT2D eigenvalue weighted by Gasteiger charge is 2.45. The highest BCUT2D eigenvalue weighted by Crippen LogP contribution is 2.47. The van der Waals surface area contributed by atoms with Crippen molar-refractivity contribution in [2.75, 3.05) is 42.1 Å². The molecule has 10 heteroatoms. The summed E-state index contributed by atoms with van der Waals surface area (Å²) in [5.41, 5.74) is 7.42. The van der Waals surface area contributed by atoms with E-state index in [1.54, 1.807) is 29.1 Å². The van der Waals surface area contributed by atoms with E-state index in [1.165, 1.54) is 18.9 Å². The second-order valence-corrected chi connectivity index (χ2v) is 9.30. The van der Waals surface area contributed by atoms with E-state index < -0.39 is 11.7 Å². The Kier molecular flexibility index (Phi) is 4.90. The fraction of sp³-hybridized carbons (Fsp3) is 0.381. The van der Waals surface area contributed by atoms with E-state index in [-0.39, 0.29) is 10.7 Å². The van der Waals surface area contributed by atoms with Gasteiger partial charge in [0.15, 0.2) is 11.5 Å². The molecule has 162 valence electrons. The van der Waals surface area contributed by atoms with Crippen molar-refractivity contribution < 1.29 is 9.18 Å². The summed E-state index contributed by atoms with van der Waals surface area (Å²) in [7, 11) is 1.87. The molecule has 1 aliphatic carbocycles. The molecule has 0 bridgehead atoms. The largest absolute Gasteiger partial charge is 0.389 e. The Morgan fingerprint density at radius 2 is 2.16 bits per heavy atom. The molecular formula is C21H24FN7OS. The monoisotopic (exact) mass is 441 g/mol. The summed E-state index contributed by atoms with van der Waals surface area (Å²) in [6, 6.07) is 6.31. The first-order chi connectivity index (χ1) is 15.0. The highest BCUT2D eigenvalue weighted by atomic mass is 32.1. The molecule has 0 atom stereocenters. The van der Waals surface area contributed by atoms with Gasteiger partial charge in [0.1, 0.15) is 21.5 Å². The Labute approximate surface area is 183 Å². The van der Waals surface area contributed by atoms with Crippen LogP contribution in [0.25, 0.3) is 10.6 Å². The van der Waals surface area contributed by atoms with Crippen molar-refractivity contribution in [3.63, 3.8) is 0 Å². The molecule has 1 amide bonds. The number of carbonyl (C=O) groups is 1. The van der Waals surface area contributed by atoms with Crippen molar-refractivity contribution in [1.29, 1.82) is 0 Å². The molecule has 1 saturated carbocycles. The summed E-state index contributed by atoms with van der Waals surface area (Å²) >= 11 is 1.10. The molecule has 1 saturated heterocycles. The second-order valence-electron chi connectivity index (χ2n) is 8.27. The molecule has 2 fully saturated rings. The van der Waals surface area contributed by atoms with E-state index in [1.807, 2.05) is 7.05 Å². The lowest BCUT2D eigenvalue weighted by atomic mass is 10.1. The minimum atomic E-state index is -0.431. The van der Waals surface area contributed by atoms with Crippen LogP contribution in [0, 0.1) is 11.2 Å². The molecular weight excluding hydrogens is 417 g/mol. The quantitative estimate of drug-likeness (QED) is 0.576. The first kappa shape index (κ1) is 20.0. The Hall–Kier alpha value is -2.98. The zero-order valence-electron chi connectivity index (χ0n) is 17.2. The number of anilines is 3. The van der Waals surface area contributed by atoms with Crippen LogP contribution < -0.4 is 21.3 Å². The van der Waals surface area contributed by atoms with Crippen LogP contribution >= 0.6 is 11.3 Å². The number of benzene rings is 1. The van der Waals surface area contributed by atoms with Gasteiger partial charge in [-0.25, -0.2) is 9.37 Å². The summed E-state index contributed by atoms with van der Waals surface area (Å²) in [5.74, 6) is 0.0349. The predicted molar refractivity (Wildman–Crippen MR) is 120 cm³/mol. The van der Waals surface area contributed by atoms with Gasteiger partial charge >= 0.3 is 0 Å². The van der Waals surface area contributed by atoms with Crippen LogP contribution in [0.1, 0.15) is 23.3 Å². The van der Waals surface area contributed by atoms with Crippen LogP contribution in [0.4, 0.5) is 20.9 Å². The van der Waals surface area contributed by atoms with Gasteiger partial charge < -0.3 is 21.3 Å². The normalized spacial score (nSPS) is 17.5. The third-order valence-corrected chi connectivity index (χ3v) is 6.89. The van der Waals surface area contributed by atoms with Crippen molar-refractivity contribution in [2.24, 2.45) is 12.5 Å². The number of aryl methyl sites for hydroxylation is 1. The number of halogens is 1. The molecule has 3 heterocycles. The molecule has 31 heavy (non-hydrogen) atoms. The summed E-state index contributed by atoms with van der Waals surface area (Å²) in [4.78, 5) is 19.6. The van der Waals surface area contributed by atoms with Gasteiger partial charge in [0.2, 0.25) is 0 Å². The number of nitrogens with zero attached hydrogens (tertiary/aromatic N) is 4. The number of carbonyl (C=O) groups excluding carboxylic acids is 1. The average molecular weight is 442 g/mol. The fourth-order valence-corrected chi connectivity index (χ4v) is 4.98. The summed E-state index contributed by atoms with van der Waals surface area (Å²) in [5, 5.41) is 11.4. The Morgan fingerprint density at radius 3 is 2.94 bits per heavy atom. The van der Waals surface area contributed by atoms with Gasteiger partial charge in [-0.2, -0.15) is 5.10 Å². The smallest absolute Gasteiger partial charge is 0.277 e. The number of aromatic nitrogens is 3. The standard InChI is InChI=1S/C21H24FN7OS/c1-28-20(29-9-8-24-11-21(12-29)6-7-21)15(10-25-28)26-18(30)16-17(23)31-19(27-16)13-4-2-3-5-14(13)22/h2-5,10,24H,6-9,11-12,23H2,1H3,(H,26,30). The molecule has 0 unspecified atom stereocenters. The Bertz CT molecular complexity index is 1140. The van der Waals surface area contributed by atoms with Gasteiger partial charge in [0.05, 0.1) is 6.20 Å². The van der Waals surface area contributed by atoms with Crippen molar-refractivity contribution in [2.45, 2.75) is 12.8 Å². The van der Waals surface area contributed by atoms with Crippen molar-refractivity contribution in [3.8, 4) is 10.6 Å². The van der Waals surface area contributed by atoms with Crippen molar-refractivity contribution in [3.05, 3.63) is 42.0 Å². The molecule has 3 aromatic rings. The lowest BCUT2D eigenvalue weighted by Crippen LogP contribution is -2.33. The van der Waals surface area contributed by atoms with Crippen LogP contribution in [0.3, 0.4) is 0 Å². The second kappa shape index (κ2) is 7.61. The number of nitrogens with one attached hydrogen (secondary N) is 2. The Morgan fingerprint density at radius 1 is 1.35 bits per heavy atom. The average Bonchev–Trinajstić information content (AvgIpc) is 3.34.